The maximum Gasteiger partial charge on any atom is 0.248 e. The number of rotatable bonds is 11. The Morgan fingerprint density at radius 1 is 1.32 bits per heavy atom. The van der Waals surface area contributed by atoms with Gasteiger partial charge in [-0.3, -0.25) is 19.4 Å². The fourth-order valence-electron chi connectivity index (χ4n) is 2.95. The summed E-state index contributed by atoms with van der Waals surface area (Å²) in [6.45, 7) is 3.75. The lowest BCUT2D eigenvalue weighted by molar-refractivity contribution is -0.133. The smallest absolute Gasteiger partial charge is 0.248 e. The van der Waals surface area contributed by atoms with Gasteiger partial charge < -0.3 is 16.0 Å². The lowest BCUT2D eigenvalue weighted by Crippen LogP contribution is -2.47. The first-order valence-electron chi connectivity index (χ1n) is 8.90. The van der Waals surface area contributed by atoms with Gasteiger partial charge in [-0.1, -0.05) is 12.8 Å². The Kier molecular flexibility index (Phi) is 9.69. The maximum atomic E-state index is 12.6. The topological polar surface area (TPSA) is 105 Å². The molecule has 0 aromatic rings. The highest BCUT2D eigenvalue weighted by Gasteiger charge is 2.28. The molecule has 7 heteroatoms. The molecule has 1 atom stereocenters. The summed E-state index contributed by atoms with van der Waals surface area (Å²) in [4.78, 5) is 41.6. The van der Waals surface area contributed by atoms with Crippen LogP contribution >= 0.6 is 0 Å². The summed E-state index contributed by atoms with van der Waals surface area (Å²) in [5, 5.41) is 2.89. The van der Waals surface area contributed by atoms with Crippen molar-refractivity contribution in [2.24, 2.45) is 16.6 Å². The highest BCUT2D eigenvalue weighted by molar-refractivity contribution is 5.95. The van der Waals surface area contributed by atoms with Gasteiger partial charge in [-0.15, -0.1) is 0 Å². The third-order valence-corrected chi connectivity index (χ3v) is 4.47. The molecule has 0 unspecified atom stereocenters. The van der Waals surface area contributed by atoms with Crippen LogP contribution < -0.4 is 11.1 Å². The molecule has 3 N–H and O–H groups in total. The Bertz CT molecular complexity index is 499. The lowest BCUT2D eigenvalue weighted by Gasteiger charge is -2.22. The number of carbonyl (C=O) groups excluding carboxylic acids is 3. The number of unbranched alkanes of at least 4 members (excludes halogenated alkanes) is 1. The predicted molar refractivity (Wildman–Crippen MR) is 98.1 cm³/mol. The molecule has 0 radical (unpaired) electrons. The molecule has 7 nitrogen and oxygen atoms in total. The number of aliphatic imine (C=N–C) groups is 1. The second-order valence-corrected chi connectivity index (χ2v) is 6.49. The van der Waals surface area contributed by atoms with Gasteiger partial charge in [0, 0.05) is 25.2 Å². The summed E-state index contributed by atoms with van der Waals surface area (Å²) in [6.07, 6.45) is 8.52. The first-order valence-corrected chi connectivity index (χ1v) is 8.90. The highest BCUT2D eigenvalue weighted by atomic mass is 16.2. The number of Topliss-reactive ketones (excluding diaryl/α,β-unsaturated/α-hetero) is 1. The maximum absolute atomic E-state index is 12.6. The number of amides is 2. The summed E-state index contributed by atoms with van der Waals surface area (Å²) < 4.78 is 0. The zero-order chi connectivity index (χ0) is 18.7. The number of nitrogens with one attached hydrogen (secondary N) is 1. The van der Waals surface area contributed by atoms with Crippen LogP contribution in [0.5, 0.6) is 0 Å². The third-order valence-electron chi connectivity index (χ3n) is 4.47. The van der Waals surface area contributed by atoms with E-state index in [1.807, 2.05) is 0 Å². The molecule has 1 saturated carbocycles. The Labute approximate surface area is 149 Å². The molecule has 1 fully saturated rings. The molecule has 0 heterocycles. The van der Waals surface area contributed by atoms with Gasteiger partial charge in [0.15, 0.2) is 5.78 Å². The van der Waals surface area contributed by atoms with E-state index >= 15 is 0 Å². The Morgan fingerprint density at radius 3 is 2.60 bits per heavy atom. The first kappa shape index (κ1) is 21.0. The van der Waals surface area contributed by atoms with E-state index in [0.29, 0.717) is 13.0 Å². The van der Waals surface area contributed by atoms with Crippen molar-refractivity contribution in [3.63, 3.8) is 0 Å². The van der Waals surface area contributed by atoms with Gasteiger partial charge in [0.2, 0.25) is 11.8 Å². The Hall–Kier alpha value is -2.02. The minimum absolute atomic E-state index is 0.00534. The molecule has 0 bridgehead atoms. The highest BCUT2D eigenvalue weighted by Crippen LogP contribution is 2.25. The lowest BCUT2D eigenvalue weighted by atomic mass is 10.0. The molecule has 0 saturated heterocycles. The number of nitrogens with zero attached hydrogens (tertiary/aromatic N) is 2. The van der Waals surface area contributed by atoms with Crippen LogP contribution in [0.25, 0.3) is 0 Å². The van der Waals surface area contributed by atoms with Crippen LogP contribution in [0.15, 0.2) is 17.3 Å². The number of ketones is 1. The summed E-state index contributed by atoms with van der Waals surface area (Å²) in [6, 6.07) is -0.573. The zero-order valence-corrected chi connectivity index (χ0v) is 15.1. The predicted octanol–water partition coefficient (Wildman–Crippen LogP) is 1.03. The molecule has 0 aromatic carbocycles. The van der Waals surface area contributed by atoms with E-state index in [1.165, 1.54) is 17.2 Å². The van der Waals surface area contributed by atoms with E-state index in [-0.39, 0.29) is 30.1 Å². The SMILES string of the molecule is C=N/C=C\C(=O)N(C)CC(=O)[C@H](CCCCN)NC(=O)C1CCCC1. The summed E-state index contributed by atoms with van der Waals surface area (Å²) >= 11 is 0. The minimum atomic E-state index is -0.573. The number of nitrogens with two attached hydrogens (primary N) is 1. The van der Waals surface area contributed by atoms with Crippen molar-refractivity contribution >= 4 is 24.3 Å². The molecular weight excluding hydrogens is 320 g/mol. The monoisotopic (exact) mass is 350 g/mol. The summed E-state index contributed by atoms with van der Waals surface area (Å²) in [5.74, 6) is -0.540. The van der Waals surface area contributed by atoms with Crippen molar-refractivity contribution in [1.82, 2.24) is 10.2 Å². The van der Waals surface area contributed by atoms with E-state index in [9.17, 15) is 14.4 Å². The van der Waals surface area contributed by atoms with Gasteiger partial charge in [-0.2, -0.15) is 0 Å². The van der Waals surface area contributed by atoms with Crippen LogP contribution in [0.4, 0.5) is 0 Å². The van der Waals surface area contributed by atoms with E-state index in [0.717, 1.165) is 38.5 Å². The molecule has 25 heavy (non-hydrogen) atoms. The standard InChI is InChI=1S/C18H30N4O3/c1-20-12-10-17(24)22(2)13-16(23)15(9-5-6-11-19)21-18(25)14-7-3-4-8-14/h10,12,14-15H,1,3-9,11,13,19H2,2H3,(H,21,25)/b12-10-/t15-/m0/s1. The van der Waals surface area contributed by atoms with Gasteiger partial charge >= 0.3 is 0 Å². The molecule has 1 rings (SSSR count). The number of hydrogen-bond acceptors (Lipinski definition) is 5. The number of hydrogen-bond donors (Lipinski definition) is 2. The van der Waals surface area contributed by atoms with Crippen molar-refractivity contribution in [2.75, 3.05) is 20.1 Å². The van der Waals surface area contributed by atoms with Crippen molar-refractivity contribution in [3.05, 3.63) is 12.3 Å². The number of carbonyl (C=O) groups is 3. The zero-order valence-electron chi connectivity index (χ0n) is 15.1. The first-order chi connectivity index (χ1) is 12.0. The summed E-state index contributed by atoms with van der Waals surface area (Å²) in [7, 11) is 1.55. The third kappa shape index (κ3) is 7.60. The summed E-state index contributed by atoms with van der Waals surface area (Å²) in [5.41, 5.74) is 5.51. The number of likely N-dealkylation sites (N-methyl/N-ethyl adjacent to an activating group) is 1. The van der Waals surface area contributed by atoms with Gasteiger partial charge in [-0.25, -0.2) is 0 Å². The average Bonchev–Trinajstić information content (AvgIpc) is 3.13. The molecule has 0 aromatic heterocycles. The molecule has 140 valence electrons. The van der Waals surface area contributed by atoms with Crippen molar-refractivity contribution < 1.29 is 14.4 Å². The fraction of sp³-hybridized carbons (Fsp3) is 0.667. The fourth-order valence-corrected chi connectivity index (χ4v) is 2.95. The largest absolute Gasteiger partial charge is 0.346 e. The van der Waals surface area contributed by atoms with E-state index < -0.39 is 6.04 Å². The van der Waals surface area contributed by atoms with E-state index in [1.54, 1.807) is 7.05 Å². The van der Waals surface area contributed by atoms with Crippen molar-refractivity contribution in [1.29, 1.82) is 0 Å². The molecule has 2 amide bonds. The molecule has 1 aliphatic rings. The van der Waals surface area contributed by atoms with E-state index in [4.69, 9.17) is 5.73 Å². The second-order valence-electron chi connectivity index (χ2n) is 6.49. The normalized spacial score (nSPS) is 15.9. The van der Waals surface area contributed by atoms with Gasteiger partial charge in [0.1, 0.15) is 0 Å². The van der Waals surface area contributed by atoms with Gasteiger partial charge in [-0.05, 0) is 45.4 Å². The van der Waals surface area contributed by atoms with Gasteiger partial charge in [0.05, 0.1) is 12.6 Å². The van der Waals surface area contributed by atoms with Crippen LogP contribution in [0.1, 0.15) is 44.9 Å². The molecule has 0 aliphatic heterocycles. The van der Waals surface area contributed by atoms with Crippen LogP contribution in [0.2, 0.25) is 0 Å². The molecular formula is C18H30N4O3. The van der Waals surface area contributed by atoms with Crippen LogP contribution in [0, 0.1) is 5.92 Å². The Morgan fingerprint density at radius 2 is 2.00 bits per heavy atom. The molecule has 1 aliphatic carbocycles. The van der Waals surface area contributed by atoms with Crippen molar-refractivity contribution in [2.45, 2.75) is 51.0 Å². The quantitative estimate of drug-likeness (QED) is 0.330. The van der Waals surface area contributed by atoms with Crippen LogP contribution in [0.3, 0.4) is 0 Å². The van der Waals surface area contributed by atoms with Crippen molar-refractivity contribution in [3.8, 4) is 0 Å². The van der Waals surface area contributed by atoms with Crippen LogP contribution in [-0.4, -0.2) is 55.4 Å². The minimum Gasteiger partial charge on any atom is -0.346 e. The average molecular weight is 350 g/mol. The van der Waals surface area contributed by atoms with Crippen LogP contribution in [-0.2, 0) is 14.4 Å². The second kappa shape index (κ2) is 11.5. The van der Waals surface area contributed by atoms with Gasteiger partial charge in [0.25, 0.3) is 0 Å². The molecule has 0 spiro atoms. The van der Waals surface area contributed by atoms with E-state index in [2.05, 4.69) is 17.0 Å². The Balaban J connectivity index is 2.64.